The summed E-state index contributed by atoms with van der Waals surface area (Å²) in [5, 5.41) is 5.76. The number of anilines is 2. The highest BCUT2D eigenvalue weighted by Crippen LogP contribution is 2.23. The van der Waals surface area contributed by atoms with E-state index in [1.807, 2.05) is 54.6 Å². The highest BCUT2D eigenvalue weighted by molar-refractivity contribution is 6.04. The Kier molecular flexibility index (Phi) is 7.66. The fraction of sp³-hybridized carbons (Fsp3) is 0.259. The van der Waals surface area contributed by atoms with Gasteiger partial charge in [-0.15, -0.1) is 0 Å². The molecule has 5 nitrogen and oxygen atoms in total. The number of ether oxygens (including phenoxy) is 1. The van der Waals surface area contributed by atoms with Gasteiger partial charge in [-0.05, 0) is 59.9 Å². The molecule has 0 atom stereocenters. The van der Waals surface area contributed by atoms with Gasteiger partial charge in [-0.25, -0.2) is 0 Å². The summed E-state index contributed by atoms with van der Waals surface area (Å²) in [6.45, 7) is 6.89. The van der Waals surface area contributed by atoms with Crippen LogP contribution in [-0.2, 0) is 10.2 Å². The van der Waals surface area contributed by atoms with E-state index in [9.17, 15) is 9.59 Å². The standard InChI is InChI=1S/C27H30N2O3/c1-27(2,3)21-16-14-20(15-17-21)26(31)29-23-10-7-9-22(19-23)28-25(30)13-8-18-32-24-11-5-4-6-12-24/h4-7,9-12,14-17,19H,8,13,18H2,1-3H3,(H,28,30)(H,29,31). The lowest BCUT2D eigenvalue weighted by atomic mass is 9.87. The Morgan fingerprint density at radius 1 is 0.812 bits per heavy atom. The highest BCUT2D eigenvalue weighted by atomic mass is 16.5. The lowest BCUT2D eigenvalue weighted by molar-refractivity contribution is -0.116. The molecule has 0 aliphatic carbocycles. The number of rotatable bonds is 8. The Labute approximate surface area is 189 Å². The number of hydrogen-bond acceptors (Lipinski definition) is 3. The van der Waals surface area contributed by atoms with E-state index in [0.29, 0.717) is 36.4 Å². The van der Waals surface area contributed by atoms with Crippen LogP contribution >= 0.6 is 0 Å². The van der Waals surface area contributed by atoms with Crippen LogP contribution in [0.2, 0.25) is 0 Å². The molecule has 0 saturated heterocycles. The van der Waals surface area contributed by atoms with E-state index >= 15 is 0 Å². The van der Waals surface area contributed by atoms with Crippen LogP contribution in [0.1, 0.15) is 49.5 Å². The molecule has 3 aromatic rings. The summed E-state index contributed by atoms with van der Waals surface area (Å²) < 4.78 is 5.61. The van der Waals surface area contributed by atoms with Crippen molar-refractivity contribution in [2.45, 2.75) is 39.0 Å². The van der Waals surface area contributed by atoms with Crippen molar-refractivity contribution in [2.24, 2.45) is 0 Å². The van der Waals surface area contributed by atoms with Crippen molar-refractivity contribution in [3.05, 3.63) is 90.0 Å². The predicted octanol–water partition coefficient (Wildman–Crippen LogP) is 6.03. The summed E-state index contributed by atoms with van der Waals surface area (Å²) in [6, 6.07) is 24.3. The van der Waals surface area contributed by atoms with E-state index in [0.717, 1.165) is 5.75 Å². The van der Waals surface area contributed by atoms with Gasteiger partial charge in [0.25, 0.3) is 5.91 Å². The van der Waals surface area contributed by atoms with Gasteiger partial charge in [0.05, 0.1) is 6.61 Å². The maximum absolute atomic E-state index is 12.6. The maximum Gasteiger partial charge on any atom is 0.255 e. The molecule has 0 aliphatic rings. The minimum Gasteiger partial charge on any atom is -0.494 e. The predicted molar refractivity (Wildman–Crippen MR) is 129 cm³/mol. The normalized spacial score (nSPS) is 11.0. The van der Waals surface area contributed by atoms with Gasteiger partial charge in [0.1, 0.15) is 5.75 Å². The van der Waals surface area contributed by atoms with E-state index in [4.69, 9.17) is 4.74 Å². The summed E-state index contributed by atoms with van der Waals surface area (Å²) in [5.74, 6) is 0.513. The van der Waals surface area contributed by atoms with Crippen molar-refractivity contribution in [2.75, 3.05) is 17.2 Å². The van der Waals surface area contributed by atoms with Crippen LogP contribution in [0.3, 0.4) is 0 Å². The average Bonchev–Trinajstić information content (AvgIpc) is 2.77. The third-order valence-electron chi connectivity index (χ3n) is 4.98. The second kappa shape index (κ2) is 10.6. The first-order valence-electron chi connectivity index (χ1n) is 10.8. The molecule has 2 amide bonds. The summed E-state index contributed by atoms with van der Waals surface area (Å²) in [6.07, 6.45) is 0.964. The average molecular weight is 431 g/mol. The molecule has 3 aromatic carbocycles. The topological polar surface area (TPSA) is 67.4 Å². The molecule has 2 N–H and O–H groups in total. The van der Waals surface area contributed by atoms with Gasteiger partial charge in [0.2, 0.25) is 5.91 Å². The van der Waals surface area contributed by atoms with Crippen LogP contribution in [0.5, 0.6) is 5.75 Å². The maximum atomic E-state index is 12.6. The lowest BCUT2D eigenvalue weighted by Gasteiger charge is -2.19. The molecule has 0 saturated carbocycles. The molecular formula is C27H30N2O3. The highest BCUT2D eigenvalue weighted by Gasteiger charge is 2.14. The molecule has 0 fully saturated rings. The first-order chi connectivity index (χ1) is 15.3. The molecule has 166 valence electrons. The zero-order valence-electron chi connectivity index (χ0n) is 18.9. The second-order valence-electron chi connectivity index (χ2n) is 8.68. The van der Waals surface area contributed by atoms with Gasteiger partial charge in [-0.2, -0.15) is 0 Å². The van der Waals surface area contributed by atoms with E-state index < -0.39 is 0 Å². The summed E-state index contributed by atoms with van der Waals surface area (Å²) >= 11 is 0. The quantitative estimate of drug-likeness (QED) is 0.429. The van der Waals surface area contributed by atoms with Crippen LogP contribution in [0.25, 0.3) is 0 Å². The smallest absolute Gasteiger partial charge is 0.255 e. The Balaban J connectivity index is 1.49. The van der Waals surface area contributed by atoms with Crippen molar-refractivity contribution < 1.29 is 14.3 Å². The van der Waals surface area contributed by atoms with Crippen LogP contribution in [0.15, 0.2) is 78.9 Å². The third kappa shape index (κ3) is 6.98. The van der Waals surface area contributed by atoms with Crippen molar-refractivity contribution in [3.8, 4) is 5.75 Å². The van der Waals surface area contributed by atoms with Crippen molar-refractivity contribution in [1.29, 1.82) is 0 Å². The Bertz CT molecular complexity index is 1040. The van der Waals surface area contributed by atoms with Crippen LogP contribution in [0.4, 0.5) is 11.4 Å². The zero-order valence-corrected chi connectivity index (χ0v) is 18.9. The first kappa shape index (κ1) is 23.1. The number of para-hydroxylation sites is 1. The largest absolute Gasteiger partial charge is 0.494 e. The van der Waals surface area contributed by atoms with Gasteiger partial charge < -0.3 is 15.4 Å². The molecule has 0 spiro atoms. The van der Waals surface area contributed by atoms with E-state index in [-0.39, 0.29) is 17.2 Å². The Morgan fingerprint density at radius 2 is 1.47 bits per heavy atom. The minimum absolute atomic E-state index is 0.0369. The second-order valence-corrected chi connectivity index (χ2v) is 8.68. The molecule has 0 unspecified atom stereocenters. The molecule has 0 aliphatic heterocycles. The molecule has 32 heavy (non-hydrogen) atoms. The molecule has 0 aromatic heterocycles. The summed E-state index contributed by atoms with van der Waals surface area (Å²) in [5.41, 5.74) is 3.06. The lowest BCUT2D eigenvalue weighted by Crippen LogP contribution is -2.15. The summed E-state index contributed by atoms with van der Waals surface area (Å²) in [4.78, 5) is 24.8. The number of benzene rings is 3. The van der Waals surface area contributed by atoms with E-state index in [2.05, 4.69) is 31.4 Å². The third-order valence-corrected chi connectivity index (χ3v) is 4.98. The molecule has 3 rings (SSSR count). The molecule has 0 radical (unpaired) electrons. The Morgan fingerprint density at radius 3 is 2.12 bits per heavy atom. The number of hydrogen-bond donors (Lipinski definition) is 2. The van der Waals surface area contributed by atoms with Gasteiger partial charge in [-0.3, -0.25) is 9.59 Å². The Hall–Kier alpha value is -3.60. The van der Waals surface area contributed by atoms with Crippen LogP contribution < -0.4 is 15.4 Å². The molecule has 5 heteroatoms. The number of carbonyl (C=O) groups is 2. The van der Waals surface area contributed by atoms with E-state index in [1.54, 1.807) is 24.3 Å². The fourth-order valence-electron chi connectivity index (χ4n) is 3.16. The SMILES string of the molecule is CC(C)(C)c1ccc(C(=O)Nc2cccc(NC(=O)CCCOc3ccccc3)c2)cc1. The van der Waals surface area contributed by atoms with Crippen molar-refractivity contribution in [3.63, 3.8) is 0 Å². The van der Waals surface area contributed by atoms with Gasteiger partial charge in [-0.1, -0.05) is 57.2 Å². The number of amides is 2. The number of nitrogens with one attached hydrogen (secondary N) is 2. The molecular weight excluding hydrogens is 400 g/mol. The zero-order chi connectivity index (χ0) is 23.0. The monoisotopic (exact) mass is 430 g/mol. The van der Waals surface area contributed by atoms with E-state index in [1.165, 1.54) is 5.56 Å². The molecule has 0 bridgehead atoms. The van der Waals surface area contributed by atoms with Crippen molar-refractivity contribution in [1.82, 2.24) is 0 Å². The van der Waals surface area contributed by atoms with Gasteiger partial charge in [0, 0.05) is 23.4 Å². The summed E-state index contributed by atoms with van der Waals surface area (Å²) in [7, 11) is 0. The van der Waals surface area contributed by atoms with Crippen molar-refractivity contribution >= 4 is 23.2 Å². The number of carbonyl (C=O) groups excluding carboxylic acids is 2. The van der Waals surface area contributed by atoms with Gasteiger partial charge >= 0.3 is 0 Å². The minimum atomic E-state index is -0.188. The van der Waals surface area contributed by atoms with Crippen LogP contribution in [-0.4, -0.2) is 18.4 Å². The van der Waals surface area contributed by atoms with Gasteiger partial charge in [0.15, 0.2) is 0 Å². The first-order valence-corrected chi connectivity index (χ1v) is 10.8. The fourth-order valence-corrected chi connectivity index (χ4v) is 3.16. The van der Waals surface area contributed by atoms with Crippen LogP contribution in [0, 0.1) is 0 Å². The molecule has 0 heterocycles.